The number of halogens is 2. The molecular weight excluding hydrogens is 295 g/mol. The Hall–Kier alpha value is -1.66. The quantitative estimate of drug-likeness (QED) is 0.942. The molecular formula is C12H8ClFO4S. The Balaban J connectivity index is 2.15. The first-order valence-corrected chi connectivity index (χ1v) is 6.82. The highest BCUT2D eigenvalue weighted by Gasteiger charge is 2.13. The summed E-state index contributed by atoms with van der Waals surface area (Å²) in [5, 5.41) is 8.57. The standard InChI is InChI=1S/C12H8ClFO4S/c13-9-5-8(2-3-10(9)14)19(17)6-7-1-4-11(18-7)12(15)16/h1-5H,6H2,(H,15,16). The van der Waals surface area contributed by atoms with E-state index in [9.17, 15) is 13.4 Å². The average Bonchev–Trinajstić information content (AvgIpc) is 2.81. The summed E-state index contributed by atoms with van der Waals surface area (Å²) in [6, 6.07) is 6.48. The lowest BCUT2D eigenvalue weighted by Crippen LogP contribution is -1.96. The lowest BCUT2D eigenvalue weighted by Gasteiger charge is -2.01. The Morgan fingerprint density at radius 1 is 1.37 bits per heavy atom. The zero-order valence-corrected chi connectivity index (χ0v) is 11.0. The largest absolute Gasteiger partial charge is 0.475 e. The summed E-state index contributed by atoms with van der Waals surface area (Å²) in [5.74, 6) is -1.73. The van der Waals surface area contributed by atoms with Crippen molar-refractivity contribution in [1.82, 2.24) is 0 Å². The van der Waals surface area contributed by atoms with Crippen LogP contribution < -0.4 is 0 Å². The van der Waals surface area contributed by atoms with Gasteiger partial charge >= 0.3 is 5.97 Å². The zero-order chi connectivity index (χ0) is 14.0. The van der Waals surface area contributed by atoms with E-state index in [0.717, 1.165) is 6.07 Å². The van der Waals surface area contributed by atoms with Crippen LogP contribution in [0.3, 0.4) is 0 Å². The topological polar surface area (TPSA) is 67.5 Å². The van der Waals surface area contributed by atoms with Crippen molar-refractivity contribution in [2.45, 2.75) is 10.6 Å². The first-order chi connectivity index (χ1) is 8.97. The summed E-state index contributed by atoms with van der Waals surface area (Å²) < 4.78 is 29.9. The lowest BCUT2D eigenvalue weighted by molar-refractivity contribution is 0.0661. The van der Waals surface area contributed by atoms with E-state index in [2.05, 4.69) is 0 Å². The van der Waals surface area contributed by atoms with Crippen LogP contribution in [0.2, 0.25) is 5.02 Å². The Morgan fingerprint density at radius 2 is 2.11 bits per heavy atom. The molecule has 0 radical (unpaired) electrons. The van der Waals surface area contributed by atoms with Gasteiger partial charge in [0.15, 0.2) is 0 Å². The molecule has 100 valence electrons. The third-order valence-corrected chi connectivity index (χ3v) is 3.92. The second kappa shape index (κ2) is 5.54. The Labute approximate surface area is 115 Å². The summed E-state index contributed by atoms with van der Waals surface area (Å²) in [6.45, 7) is 0. The average molecular weight is 303 g/mol. The molecule has 4 nitrogen and oxygen atoms in total. The Kier molecular flexibility index (Phi) is 4.01. The molecule has 0 fully saturated rings. The van der Waals surface area contributed by atoms with Crippen LogP contribution in [0.1, 0.15) is 16.3 Å². The van der Waals surface area contributed by atoms with Gasteiger partial charge in [0.2, 0.25) is 5.76 Å². The molecule has 19 heavy (non-hydrogen) atoms. The van der Waals surface area contributed by atoms with Gasteiger partial charge in [-0.05, 0) is 30.3 Å². The molecule has 0 saturated heterocycles. The van der Waals surface area contributed by atoms with Crippen molar-refractivity contribution in [1.29, 1.82) is 0 Å². The van der Waals surface area contributed by atoms with Gasteiger partial charge in [0, 0.05) is 4.90 Å². The molecule has 0 saturated carbocycles. The minimum Gasteiger partial charge on any atom is -0.475 e. The number of hydrogen-bond acceptors (Lipinski definition) is 3. The maximum absolute atomic E-state index is 13.0. The van der Waals surface area contributed by atoms with E-state index in [1.807, 2.05) is 0 Å². The van der Waals surface area contributed by atoms with Crippen LogP contribution >= 0.6 is 11.6 Å². The van der Waals surface area contributed by atoms with Gasteiger partial charge in [-0.3, -0.25) is 4.21 Å². The molecule has 0 aliphatic rings. The van der Waals surface area contributed by atoms with Crippen LogP contribution in [-0.2, 0) is 16.6 Å². The number of aromatic carboxylic acids is 1. The maximum Gasteiger partial charge on any atom is 0.371 e. The molecule has 1 atom stereocenters. The molecule has 1 aromatic carbocycles. The van der Waals surface area contributed by atoms with Crippen molar-refractivity contribution in [2.75, 3.05) is 0 Å². The van der Waals surface area contributed by atoms with E-state index in [1.54, 1.807) is 0 Å². The van der Waals surface area contributed by atoms with Crippen LogP contribution in [0.25, 0.3) is 0 Å². The zero-order valence-electron chi connectivity index (χ0n) is 9.43. The fourth-order valence-corrected chi connectivity index (χ4v) is 2.70. The Morgan fingerprint density at radius 3 is 2.68 bits per heavy atom. The predicted molar refractivity (Wildman–Crippen MR) is 67.2 cm³/mol. The fraction of sp³-hybridized carbons (Fsp3) is 0.0833. The molecule has 0 amide bonds. The van der Waals surface area contributed by atoms with Crippen molar-refractivity contribution in [3.05, 3.63) is 52.7 Å². The second-order valence-electron chi connectivity index (χ2n) is 3.64. The van der Waals surface area contributed by atoms with Gasteiger partial charge < -0.3 is 9.52 Å². The third-order valence-electron chi connectivity index (χ3n) is 2.30. The van der Waals surface area contributed by atoms with Gasteiger partial charge in [0.25, 0.3) is 0 Å². The monoisotopic (exact) mass is 302 g/mol. The van der Waals surface area contributed by atoms with E-state index in [4.69, 9.17) is 21.1 Å². The molecule has 0 spiro atoms. The molecule has 0 aliphatic heterocycles. The molecule has 2 rings (SSSR count). The molecule has 2 aromatic rings. The first kappa shape index (κ1) is 13.8. The third kappa shape index (κ3) is 3.21. The van der Waals surface area contributed by atoms with Gasteiger partial charge in [0.1, 0.15) is 11.6 Å². The van der Waals surface area contributed by atoms with E-state index in [1.165, 1.54) is 24.3 Å². The number of hydrogen-bond donors (Lipinski definition) is 1. The van der Waals surface area contributed by atoms with E-state index in [-0.39, 0.29) is 22.3 Å². The number of carboxylic acids is 1. The smallest absolute Gasteiger partial charge is 0.371 e. The second-order valence-corrected chi connectivity index (χ2v) is 5.50. The van der Waals surface area contributed by atoms with Crippen molar-refractivity contribution < 1.29 is 22.9 Å². The molecule has 0 aliphatic carbocycles. The Bertz CT molecular complexity index is 653. The lowest BCUT2D eigenvalue weighted by atomic mass is 10.3. The van der Waals surface area contributed by atoms with Crippen LogP contribution in [0.15, 0.2) is 39.6 Å². The highest BCUT2D eigenvalue weighted by molar-refractivity contribution is 7.84. The van der Waals surface area contributed by atoms with Crippen LogP contribution in [-0.4, -0.2) is 15.3 Å². The van der Waals surface area contributed by atoms with Crippen LogP contribution in [0, 0.1) is 5.82 Å². The van der Waals surface area contributed by atoms with E-state index < -0.39 is 22.6 Å². The molecule has 0 bridgehead atoms. The van der Waals surface area contributed by atoms with Crippen LogP contribution in [0.5, 0.6) is 0 Å². The van der Waals surface area contributed by atoms with Gasteiger partial charge in [-0.25, -0.2) is 9.18 Å². The van der Waals surface area contributed by atoms with Gasteiger partial charge in [0.05, 0.1) is 21.6 Å². The number of carbonyl (C=O) groups is 1. The summed E-state index contributed by atoms with van der Waals surface area (Å²) in [7, 11) is -1.49. The minimum absolute atomic E-state index is 0.00472. The summed E-state index contributed by atoms with van der Waals surface area (Å²) in [4.78, 5) is 11.0. The summed E-state index contributed by atoms with van der Waals surface area (Å²) in [5.41, 5.74) is 0. The number of rotatable bonds is 4. The predicted octanol–water partition coefficient (Wildman–Crippen LogP) is 3.08. The normalized spacial score (nSPS) is 12.3. The highest BCUT2D eigenvalue weighted by Crippen LogP contribution is 2.20. The van der Waals surface area contributed by atoms with Crippen molar-refractivity contribution in [3.8, 4) is 0 Å². The minimum atomic E-state index is -1.49. The molecule has 1 aromatic heterocycles. The summed E-state index contributed by atoms with van der Waals surface area (Å²) in [6.07, 6.45) is 0. The van der Waals surface area contributed by atoms with Crippen molar-refractivity contribution in [3.63, 3.8) is 0 Å². The maximum atomic E-state index is 13.0. The number of benzene rings is 1. The number of furan rings is 1. The van der Waals surface area contributed by atoms with Crippen LogP contribution in [0.4, 0.5) is 4.39 Å². The molecule has 7 heteroatoms. The van der Waals surface area contributed by atoms with Gasteiger partial charge in [-0.1, -0.05) is 11.6 Å². The van der Waals surface area contributed by atoms with Gasteiger partial charge in [-0.2, -0.15) is 0 Å². The van der Waals surface area contributed by atoms with Crippen molar-refractivity contribution >= 4 is 28.4 Å². The SMILES string of the molecule is O=C(O)c1ccc(CS(=O)c2ccc(F)c(Cl)c2)o1. The first-order valence-electron chi connectivity index (χ1n) is 5.13. The molecule has 1 N–H and O–H groups in total. The molecule has 1 heterocycles. The molecule has 1 unspecified atom stereocenters. The highest BCUT2D eigenvalue weighted by atomic mass is 35.5. The van der Waals surface area contributed by atoms with Crippen molar-refractivity contribution in [2.24, 2.45) is 0 Å². The summed E-state index contributed by atoms with van der Waals surface area (Å²) >= 11 is 5.60. The number of carboxylic acid groups (broad SMARTS) is 1. The van der Waals surface area contributed by atoms with E-state index in [0.29, 0.717) is 4.90 Å². The fourth-order valence-electron chi connectivity index (χ4n) is 1.40. The van der Waals surface area contributed by atoms with Gasteiger partial charge in [-0.15, -0.1) is 0 Å². The van der Waals surface area contributed by atoms with E-state index >= 15 is 0 Å².